The molecule has 0 unspecified atom stereocenters. The van der Waals surface area contributed by atoms with Crippen LogP contribution < -0.4 is 10.6 Å². The molecule has 0 spiro atoms. The number of para-hydroxylation sites is 2. The summed E-state index contributed by atoms with van der Waals surface area (Å²) in [5.41, 5.74) is 4.27. The van der Waals surface area contributed by atoms with E-state index in [0.717, 1.165) is 22.2 Å². The van der Waals surface area contributed by atoms with Gasteiger partial charge in [-0.2, -0.15) is 0 Å². The minimum Gasteiger partial charge on any atom is -0.378 e. The summed E-state index contributed by atoms with van der Waals surface area (Å²) in [6.07, 6.45) is 0. The molecule has 0 radical (unpaired) electrons. The van der Waals surface area contributed by atoms with E-state index in [9.17, 15) is 14.9 Å². The van der Waals surface area contributed by atoms with Crippen molar-refractivity contribution in [2.45, 2.75) is 13.8 Å². The number of aromatic amines is 1. The van der Waals surface area contributed by atoms with Gasteiger partial charge in [-0.05, 0) is 43.7 Å². The van der Waals surface area contributed by atoms with Gasteiger partial charge < -0.3 is 15.6 Å². The third-order valence-electron chi connectivity index (χ3n) is 4.40. The molecule has 134 valence electrons. The minimum atomic E-state index is -0.433. The van der Waals surface area contributed by atoms with Crippen LogP contribution in [0, 0.1) is 24.0 Å². The lowest BCUT2D eigenvalue weighted by Gasteiger charge is -2.08. The predicted octanol–water partition coefficient (Wildman–Crippen LogP) is 3.53. The van der Waals surface area contributed by atoms with Gasteiger partial charge in [0.05, 0.1) is 4.92 Å². The Hall–Kier alpha value is -3.35. The molecule has 26 heavy (non-hydrogen) atoms. The van der Waals surface area contributed by atoms with Gasteiger partial charge in [0.25, 0.3) is 11.6 Å². The monoisotopic (exact) mass is 352 g/mol. The van der Waals surface area contributed by atoms with Crippen LogP contribution in [0.3, 0.4) is 0 Å². The molecule has 3 aromatic rings. The van der Waals surface area contributed by atoms with E-state index in [1.54, 1.807) is 24.3 Å². The fourth-order valence-corrected chi connectivity index (χ4v) is 2.86. The highest BCUT2D eigenvalue weighted by atomic mass is 16.6. The van der Waals surface area contributed by atoms with E-state index < -0.39 is 4.92 Å². The van der Waals surface area contributed by atoms with Crippen molar-refractivity contribution in [3.05, 3.63) is 69.4 Å². The number of amides is 1. The molecule has 0 saturated heterocycles. The van der Waals surface area contributed by atoms with Gasteiger partial charge in [-0.3, -0.25) is 14.9 Å². The van der Waals surface area contributed by atoms with Gasteiger partial charge in [-0.15, -0.1) is 0 Å². The Labute approximate surface area is 150 Å². The molecular weight excluding hydrogens is 332 g/mol. The topological polar surface area (TPSA) is 100 Å². The van der Waals surface area contributed by atoms with E-state index in [2.05, 4.69) is 15.6 Å². The van der Waals surface area contributed by atoms with Crippen molar-refractivity contribution in [3.63, 3.8) is 0 Å². The molecule has 0 aliphatic carbocycles. The molecule has 1 heterocycles. The maximum atomic E-state index is 12.3. The second-order valence-electron chi connectivity index (χ2n) is 6.09. The van der Waals surface area contributed by atoms with Crippen LogP contribution in [0.15, 0.2) is 42.5 Å². The average molecular weight is 352 g/mol. The predicted molar refractivity (Wildman–Crippen MR) is 102 cm³/mol. The molecule has 7 nitrogen and oxygen atoms in total. The lowest BCUT2D eigenvalue weighted by molar-refractivity contribution is -0.384. The van der Waals surface area contributed by atoms with E-state index in [1.807, 2.05) is 26.0 Å². The first-order chi connectivity index (χ1) is 12.5. The van der Waals surface area contributed by atoms with E-state index in [1.165, 1.54) is 6.07 Å². The van der Waals surface area contributed by atoms with Gasteiger partial charge >= 0.3 is 0 Å². The fourth-order valence-electron chi connectivity index (χ4n) is 2.86. The van der Waals surface area contributed by atoms with Crippen LogP contribution >= 0.6 is 0 Å². The van der Waals surface area contributed by atoms with Crippen LogP contribution in [0.1, 0.15) is 21.6 Å². The maximum Gasteiger partial charge on any atom is 0.292 e. The Morgan fingerprint density at radius 2 is 1.92 bits per heavy atom. The molecule has 1 amide bonds. The van der Waals surface area contributed by atoms with E-state index in [4.69, 9.17) is 0 Å². The lowest BCUT2D eigenvalue weighted by atomic mass is 10.1. The van der Waals surface area contributed by atoms with Crippen molar-refractivity contribution >= 4 is 28.2 Å². The molecule has 2 aromatic carbocycles. The molecule has 0 aliphatic heterocycles. The van der Waals surface area contributed by atoms with Gasteiger partial charge in [-0.1, -0.05) is 12.1 Å². The zero-order valence-electron chi connectivity index (χ0n) is 14.6. The fraction of sp³-hybridized carbons (Fsp3) is 0.211. The first-order valence-electron chi connectivity index (χ1n) is 8.32. The lowest BCUT2D eigenvalue weighted by Crippen LogP contribution is -2.28. The van der Waals surface area contributed by atoms with Crippen molar-refractivity contribution in [2.75, 3.05) is 18.4 Å². The summed E-state index contributed by atoms with van der Waals surface area (Å²) < 4.78 is 0. The zero-order chi connectivity index (χ0) is 18.7. The van der Waals surface area contributed by atoms with Crippen molar-refractivity contribution in [2.24, 2.45) is 0 Å². The van der Waals surface area contributed by atoms with E-state index in [0.29, 0.717) is 24.3 Å². The molecule has 0 bridgehead atoms. The number of aryl methyl sites for hydroxylation is 2. The first kappa shape index (κ1) is 17.5. The molecule has 0 fully saturated rings. The normalized spacial score (nSPS) is 10.7. The SMILES string of the molecule is Cc1[nH]c2ccc(C(=O)NCCNc3ccccc3[N+](=O)[O-])cc2c1C. The Morgan fingerprint density at radius 1 is 1.15 bits per heavy atom. The molecular formula is C19H20N4O3. The number of nitrogens with one attached hydrogen (secondary N) is 3. The van der Waals surface area contributed by atoms with Crippen LogP contribution in [-0.2, 0) is 0 Å². The summed E-state index contributed by atoms with van der Waals surface area (Å²) in [4.78, 5) is 26.2. The van der Waals surface area contributed by atoms with Crippen molar-refractivity contribution < 1.29 is 9.72 Å². The smallest absolute Gasteiger partial charge is 0.292 e. The third kappa shape index (κ3) is 3.51. The highest BCUT2D eigenvalue weighted by molar-refractivity contribution is 5.99. The summed E-state index contributed by atoms with van der Waals surface area (Å²) in [6.45, 7) is 4.77. The number of carbonyl (C=O) groups is 1. The summed E-state index contributed by atoms with van der Waals surface area (Å²) in [5, 5.41) is 17.8. The highest BCUT2D eigenvalue weighted by Gasteiger charge is 2.12. The van der Waals surface area contributed by atoms with E-state index in [-0.39, 0.29) is 11.6 Å². The Balaban J connectivity index is 1.60. The summed E-state index contributed by atoms with van der Waals surface area (Å²) in [5.74, 6) is -0.172. The number of benzene rings is 2. The molecule has 7 heteroatoms. The molecule has 0 atom stereocenters. The van der Waals surface area contributed by atoms with Crippen LogP contribution in [0.5, 0.6) is 0 Å². The van der Waals surface area contributed by atoms with Gasteiger partial charge in [-0.25, -0.2) is 0 Å². The van der Waals surface area contributed by atoms with Gasteiger partial charge in [0, 0.05) is 41.3 Å². The number of fused-ring (bicyclic) bond motifs is 1. The van der Waals surface area contributed by atoms with Crippen LogP contribution in [0.4, 0.5) is 11.4 Å². The molecule has 0 saturated carbocycles. The number of rotatable bonds is 6. The Kier molecular flexibility index (Phi) is 4.88. The molecule has 0 aliphatic rings. The summed E-state index contributed by atoms with van der Waals surface area (Å²) in [7, 11) is 0. The zero-order valence-corrected chi connectivity index (χ0v) is 14.6. The number of nitrogens with zero attached hydrogens (tertiary/aromatic N) is 1. The van der Waals surface area contributed by atoms with Crippen LogP contribution in [-0.4, -0.2) is 28.9 Å². The van der Waals surface area contributed by atoms with Crippen molar-refractivity contribution in [1.29, 1.82) is 0 Å². The second kappa shape index (κ2) is 7.26. The van der Waals surface area contributed by atoms with Gasteiger partial charge in [0.15, 0.2) is 0 Å². The van der Waals surface area contributed by atoms with Crippen LogP contribution in [0.25, 0.3) is 10.9 Å². The standard InChI is InChI=1S/C19H20N4O3/c1-12-13(2)22-16-8-7-14(11-15(12)16)19(24)21-10-9-20-17-5-3-4-6-18(17)23(25)26/h3-8,11,20,22H,9-10H2,1-2H3,(H,21,24). The van der Waals surface area contributed by atoms with Gasteiger partial charge in [0.2, 0.25) is 0 Å². The molecule has 3 N–H and O–H groups in total. The van der Waals surface area contributed by atoms with Crippen molar-refractivity contribution in [1.82, 2.24) is 10.3 Å². The van der Waals surface area contributed by atoms with Gasteiger partial charge in [0.1, 0.15) is 5.69 Å². The number of nitro benzene ring substituents is 1. The van der Waals surface area contributed by atoms with Crippen molar-refractivity contribution in [3.8, 4) is 0 Å². The number of anilines is 1. The quantitative estimate of drug-likeness (QED) is 0.359. The third-order valence-corrected chi connectivity index (χ3v) is 4.40. The number of aromatic nitrogens is 1. The second-order valence-corrected chi connectivity index (χ2v) is 6.09. The minimum absolute atomic E-state index is 0.0163. The number of nitro groups is 1. The summed E-state index contributed by atoms with van der Waals surface area (Å²) in [6, 6.07) is 12.0. The number of hydrogen-bond acceptors (Lipinski definition) is 4. The first-order valence-corrected chi connectivity index (χ1v) is 8.32. The highest BCUT2D eigenvalue weighted by Crippen LogP contribution is 2.23. The number of H-pyrrole nitrogens is 1. The molecule has 1 aromatic heterocycles. The summed E-state index contributed by atoms with van der Waals surface area (Å²) >= 11 is 0. The van der Waals surface area contributed by atoms with E-state index >= 15 is 0 Å². The molecule has 3 rings (SSSR count). The maximum absolute atomic E-state index is 12.3. The average Bonchev–Trinajstić information content (AvgIpc) is 2.92. The Morgan fingerprint density at radius 3 is 2.69 bits per heavy atom. The largest absolute Gasteiger partial charge is 0.378 e. The number of hydrogen-bond donors (Lipinski definition) is 3. The number of carbonyl (C=O) groups excluding carboxylic acids is 1. The Bertz CT molecular complexity index is 978. The van der Waals surface area contributed by atoms with Crippen LogP contribution in [0.2, 0.25) is 0 Å².